The SMILES string of the molecule is O=C1[C@H]2ON3c4ccccc4C[C@@]3(c3ccccc3)[C@H]2C(=O)N1c1ccccc1. The quantitative estimate of drug-likeness (QED) is 0.637. The first kappa shape index (κ1) is 16.5. The van der Waals surface area contributed by atoms with Crippen LogP contribution in [0.25, 0.3) is 0 Å². The van der Waals surface area contributed by atoms with Crippen molar-refractivity contribution < 1.29 is 14.4 Å². The molecule has 3 aromatic carbocycles. The van der Waals surface area contributed by atoms with E-state index in [2.05, 4.69) is 6.07 Å². The monoisotopic (exact) mass is 382 g/mol. The molecule has 3 atom stereocenters. The molecule has 0 radical (unpaired) electrons. The Morgan fingerprint density at radius 2 is 1.45 bits per heavy atom. The molecule has 29 heavy (non-hydrogen) atoms. The molecule has 3 heterocycles. The predicted octanol–water partition coefficient (Wildman–Crippen LogP) is 3.45. The summed E-state index contributed by atoms with van der Waals surface area (Å²) in [5, 5.41) is 1.82. The molecule has 2 amide bonds. The van der Waals surface area contributed by atoms with Crippen LogP contribution in [0.5, 0.6) is 0 Å². The number of fused-ring (bicyclic) bond motifs is 5. The van der Waals surface area contributed by atoms with Crippen molar-refractivity contribution in [2.24, 2.45) is 5.92 Å². The zero-order valence-electron chi connectivity index (χ0n) is 15.6. The minimum atomic E-state index is -0.823. The van der Waals surface area contributed by atoms with Gasteiger partial charge in [0.1, 0.15) is 11.5 Å². The molecular formula is C24H18N2O3. The largest absolute Gasteiger partial charge is 0.273 e. The zero-order chi connectivity index (χ0) is 19.6. The number of rotatable bonds is 2. The van der Waals surface area contributed by atoms with E-state index in [-0.39, 0.29) is 11.8 Å². The van der Waals surface area contributed by atoms with E-state index >= 15 is 0 Å². The van der Waals surface area contributed by atoms with E-state index in [4.69, 9.17) is 4.84 Å². The minimum absolute atomic E-state index is 0.203. The van der Waals surface area contributed by atoms with E-state index < -0.39 is 17.6 Å². The summed E-state index contributed by atoms with van der Waals surface area (Å²) in [7, 11) is 0. The van der Waals surface area contributed by atoms with Gasteiger partial charge in [0, 0.05) is 6.42 Å². The van der Waals surface area contributed by atoms with Gasteiger partial charge in [-0.15, -0.1) is 0 Å². The highest BCUT2D eigenvalue weighted by Gasteiger charge is 2.69. The number of nitrogens with zero attached hydrogens (tertiary/aromatic N) is 2. The minimum Gasteiger partial charge on any atom is -0.273 e. The van der Waals surface area contributed by atoms with Gasteiger partial charge >= 0.3 is 0 Å². The standard InChI is InChI=1S/C24H18N2O3/c27-22-20-21(23(28)25(22)18-12-5-2-6-13-18)29-26-19-14-8-7-9-16(19)15-24(20,26)17-10-3-1-4-11-17/h1-14,20-21H,15H2/t20-,21+,24-/m1/s1. The summed E-state index contributed by atoms with van der Waals surface area (Å²) < 4.78 is 0. The summed E-state index contributed by atoms with van der Waals surface area (Å²) in [6, 6.07) is 27.0. The number of carbonyl (C=O) groups is 2. The number of hydroxylamine groups is 1. The molecule has 3 aliphatic rings. The van der Waals surface area contributed by atoms with Gasteiger partial charge in [0.2, 0.25) is 5.91 Å². The fourth-order valence-electron chi connectivity index (χ4n) is 5.10. The molecule has 6 rings (SSSR count). The Morgan fingerprint density at radius 3 is 2.21 bits per heavy atom. The van der Waals surface area contributed by atoms with Gasteiger partial charge in [-0.05, 0) is 29.3 Å². The Bertz CT molecular complexity index is 1130. The molecule has 0 aliphatic carbocycles. The number of hydrogen-bond donors (Lipinski definition) is 0. The second-order valence-corrected chi connectivity index (χ2v) is 7.74. The first-order chi connectivity index (χ1) is 14.2. The Hall–Kier alpha value is -3.44. The molecule has 0 aromatic heterocycles. The van der Waals surface area contributed by atoms with Crippen molar-refractivity contribution in [2.75, 3.05) is 9.96 Å². The molecule has 3 aliphatic heterocycles. The van der Waals surface area contributed by atoms with Crippen LogP contribution < -0.4 is 9.96 Å². The normalized spacial score (nSPS) is 27.2. The van der Waals surface area contributed by atoms with Crippen molar-refractivity contribution in [1.29, 1.82) is 0 Å². The topological polar surface area (TPSA) is 49.9 Å². The third kappa shape index (κ3) is 2.03. The third-order valence-electron chi connectivity index (χ3n) is 6.31. The Balaban J connectivity index is 1.54. The van der Waals surface area contributed by atoms with E-state index in [0.29, 0.717) is 12.1 Å². The molecular weight excluding hydrogens is 364 g/mol. The molecule has 142 valence electrons. The fraction of sp³-hybridized carbons (Fsp3) is 0.167. The lowest BCUT2D eigenvalue weighted by Gasteiger charge is -2.35. The first-order valence-electron chi connectivity index (χ1n) is 9.75. The molecule has 0 unspecified atom stereocenters. The number of carbonyl (C=O) groups excluding carboxylic acids is 2. The van der Waals surface area contributed by atoms with E-state index in [0.717, 1.165) is 16.8 Å². The number of anilines is 2. The van der Waals surface area contributed by atoms with Crippen molar-refractivity contribution in [3.8, 4) is 0 Å². The molecule has 2 fully saturated rings. The number of para-hydroxylation sites is 2. The van der Waals surface area contributed by atoms with Gasteiger partial charge in [0.05, 0.1) is 11.4 Å². The maximum Gasteiger partial charge on any atom is 0.266 e. The lowest BCUT2D eigenvalue weighted by Crippen LogP contribution is -2.47. The van der Waals surface area contributed by atoms with Gasteiger partial charge in [0.25, 0.3) is 5.91 Å². The van der Waals surface area contributed by atoms with Crippen LogP contribution in [-0.2, 0) is 26.4 Å². The molecule has 0 spiro atoms. The van der Waals surface area contributed by atoms with Crippen LogP contribution in [0, 0.1) is 5.92 Å². The highest BCUT2D eigenvalue weighted by molar-refractivity contribution is 6.24. The Morgan fingerprint density at radius 1 is 0.793 bits per heavy atom. The van der Waals surface area contributed by atoms with Crippen LogP contribution in [0.1, 0.15) is 11.1 Å². The van der Waals surface area contributed by atoms with Crippen LogP contribution in [0.3, 0.4) is 0 Å². The maximum atomic E-state index is 13.7. The van der Waals surface area contributed by atoms with Crippen molar-refractivity contribution in [1.82, 2.24) is 0 Å². The number of hydrogen-bond acceptors (Lipinski definition) is 4. The van der Waals surface area contributed by atoms with E-state index in [1.54, 1.807) is 12.1 Å². The Labute approximate surface area is 168 Å². The van der Waals surface area contributed by atoms with Crippen molar-refractivity contribution >= 4 is 23.2 Å². The molecule has 3 aromatic rings. The van der Waals surface area contributed by atoms with Crippen LogP contribution in [0.15, 0.2) is 84.9 Å². The summed E-state index contributed by atoms with van der Waals surface area (Å²) in [6.07, 6.45) is -0.202. The van der Waals surface area contributed by atoms with Gasteiger partial charge in [0.15, 0.2) is 6.10 Å². The molecule has 0 N–H and O–H groups in total. The maximum absolute atomic E-state index is 13.7. The number of benzene rings is 3. The second kappa shape index (κ2) is 5.78. The third-order valence-corrected chi connectivity index (χ3v) is 6.31. The highest BCUT2D eigenvalue weighted by Crippen LogP contribution is 2.57. The van der Waals surface area contributed by atoms with Gasteiger partial charge in [-0.2, -0.15) is 0 Å². The zero-order valence-corrected chi connectivity index (χ0v) is 15.6. The van der Waals surface area contributed by atoms with Crippen LogP contribution in [0.2, 0.25) is 0 Å². The van der Waals surface area contributed by atoms with Crippen molar-refractivity contribution in [3.63, 3.8) is 0 Å². The predicted molar refractivity (Wildman–Crippen MR) is 108 cm³/mol. The van der Waals surface area contributed by atoms with E-state index in [1.165, 1.54) is 4.90 Å². The van der Waals surface area contributed by atoms with Gasteiger partial charge in [-0.3, -0.25) is 14.4 Å². The average Bonchev–Trinajstić information content (AvgIpc) is 3.35. The lowest BCUT2D eigenvalue weighted by molar-refractivity contribution is -0.126. The smallest absolute Gasteiger partial charge is 0.266 e. The van der Waals surface area contributed by atoms with Crippen molar-refractivity contribution in [2.45, 2.75) is 18.1 Å². The Kier molecular flexibility index (Phi) is 3.29. The fourth-order valence-corrected chi connectivity index (χ4v) is 5.10. The van der Waals surface area contributed by atoms with Crippen LogP contribution in [-0.4, -0.2) is 17.9 Å². The summed E-state index contributed by atoms with van der Waals surface area (Å²) in [6.45, 7) is 0. The van der Waals surface area contributed by atoms with Gasteiger partial charge in [-0.25, -0.2) is 9.96 Å². The second-order valence-electron chi connectivity index (χ2n) is 7.74. The molecule has 2 saturated heterocycles. The summed E-state index contributed by atoms with van der Waals surface area (Å²) in [5.74, 6) is -1.11. The molecule has 5 nitrogen and oxygen atoms in total. The molecule has 0 saturated carbocycles. The summed E-state index contributed by atoms with van der Waals surface area (Å²) >= 11 is 0. The number of amides is 2. The first-order valence-corrected chi connectivity index (χ1v) is 9.75. The lowest BCUT2D eigenvalue weighted by atomic mass is 9.75. The molecule has 0 bridgehead atoms. The van der Waals surface area contributed by atoms with E-state index in [1.807, 2.05) is 71.8 Å². The average molecular weight is 382 g/mol. The summed E-state index contributed by atoms with van der Waals surface area (Å²) in [5.41, 5.74) is 2.89. The van der Waals surface area contributed by atoms with Crippen molar-refractivity contribution in [3.05, 3.63) is 96.1 Å². The summed E-state index contributed by atoms with van der Waals surface area (Å²) in [4.78, 5) is 34.5. The van der Waals surface area contributed by atoms with Crippen LogP contribution in [0.4, 0.5) is 11.4 Å². The van der Waals surface area contributed by atoms with Gasteiger partial charge in [-0.1, -0.05) is 66.7 Å². The highest BCUT2D eigenvalue weighted by atomic mass is 16.7. The molecule has 5 heteroatoms. The number of imide groups is 1. The van der Waals surface area contributed by atoms with E-state index in [9.17, 15) is 9.59 Å². The van der Waals surface area contributed by atoms with Gasteiger partial charge < -0.3 is 0 Å². The van der Waals surface area contributed by atoms with Crippen LogP contribution >= 0.6 is 0 Å².